The minimum absolute atomic E-state index is 0.149. The fraction of sp³-hybridized carbons (Fsp3) is 1.00. The summed E-state index contributed by atoms with van der Waals surface area (Å²) in [6, 6.07) is 0.192. The van der Waals surface area contributed by atoms with Crippen LogP contribution in [0.4, 0.5) is 0 Å². The molecule has 2 unspecified atom stereocenters. The predicted molar refractivity (Wildman–Crippen MR) is 62.7 cm³/mol. The van der Waals surface area contributed by atoms with Crippen LogP contribution in [0.5, 0.6) is 0 Å². The van der Waals surface area contributed by atoms with Crippen molar-refractivity contribution >= 4 is 21.6 Å². The zero-order valence-electron chi connectivity index (χ0n) is 8.82. The Bertz CT molecular complexity index is 264. The molecule has 0 amide bonds. The molecule has 3 nitrogen and oxygen atoms in total. The van der Waals surface area contributed by atoms with E-state index >= 15 is 0 Å². The fourth-order valence-electron chi connectivity index (χ4n) is 2.02. The molecule has 0 aliphatic heterocycles. The third kappa shape index (κ3) is 3.44. The first-order valence-electron chi connectivity index (χ1n) is 4.97. The van der Waals surface area contributed by atoms with Gasteiger partial charge in [-0.15, -0.1) is 0 Å². The molecule has 2 atom stereocenters. The highest BCUT2D eigenvalue weighted by Crippen LogP contribution is 2.24. The van der Waals surface area contributed by atoms with Gasteiger partial charge in [-0.1, -0.05) is 6.42 Å². The third-order valence-corrected chi connectivity index (χ3v) is 4.99. The highest BCUT2D eigenvalue weighted by Gasteiger charge is 2.33. The van der Waals surface area contributed by atoms with Gasteiger partial charge in [0, 0.05) is 24.6 Å². The zero-order chi connectivity index (χ0) is 10.6. The Hall–Kier alpha value is 0.260. The van der Waals surface area contributed by atoms with Gasteiger partial charge in [0.25, 0.3) is 0 Å². The van der Waals surface area contributed by atoms with Crippen molar-refractivity contribution in [2.24, 2.45) is 0 Å². The van der Waals surface area contributed by atoms with E-state index < -0.39 is 9.84 Å². The van der Waals surface area contributed by atoms with E-state index in [2.05, 4.69) is 11.6 Å². The molecule has 14 heavy (non-hydrogen) atoms. The van der Waals surface area contributed by atoms with Crippen LogP contribution in [0.1, 0.15) is 19.3 Å². The van der Waals surface area contributed by atoms with Crippen molar-refractivity contribution in [3.8, 4) is 0 Å². The normalized spacial score (nSPS) is 28.1. The standard InChI is InChI=1S/C9H19NO2S2/c1-13-7-6-10-8-4-3-5-9(8)14(2,11)12/h8-10H,3-7H2,1-2H3. The van der Waals surface area contributed by atoms with Gasteiger partial charge in [0.1, 0.15) is 0 Å². The average Bonchev–Trinajstić information content (AvgIpc) is 2.52. The van der Waals surface area contributed by atoms with E-state index in [1.807, 2.05) is 0 Å². The molecule has 1 aliphatic carbocycles. The Balaban J connectivity index is 2.44. The van der Waals surface area contributed by atoms with Crippen LogP contribution in [0.3, 0.4) is 0 Å². The number of sulfone groups is 1. The number of hydrogen-bond donors (Lipinski definition) is 1. The first kappa shape index (κ1) is 12.3. The van der Waals surface area contributed by atoms with Gasteiger partial charge >= 0.3 is 0 Å². The number of rotatable bonds is 5. The molecule has 0 spiro atoms. The Morgan fingerprint density at radius 2 is 2.14 bits per heavy atom. The van der Waals surface area contributed by atoms with Crippen LogP contribution in [-0.4, -0.2) is 44.5 Å². The summed E-state index contributed by atoms with van der Waals surface area (Å²) in [5.41, 5.74) is 0. The lowest BCUT2D eigenvalue weighted by Gasteiger charge is -2.19. The highest BCUT2D eigenvalue weighted by atomic mass is 32.2. The molecular weight excluding hydrogens is 218 g/mol. The summed E-state index contributed by atoms with van der Waals surface area (Å²) < 4.78 is 22.9. The zero-order valence-corrected chi connectivity index (χ0v) is 10.5. The maximum atomic E-state index is 11.4. The summed E-state index contributed by atoms with van der Waals surface area (Å²) in [6.07, 6.45) is 6.28. The molecule has 1 N–H and O–H groups in total. The number of hydrogen-bond acceptors (Lipinski definition) is 4. The van der Waals surface area contributed by atoms with E-state index in [4.69, 9.17) is 0 Å². The lowest BCUT2D eigenvalue weighted by molar-refractivity contribution is 0.522. The molecule has 0 aromatic rings. The van der Waals surface area contributed by atoms with Crippen LogP contribution < -0.4 is 5.32 Å². The molecule has 0 aromatic heterocycles. The van der Waals surface area contributed by atoms with Crippen molar-refractivity contribution in [1.82, 2.24) is 5.32 Å². The van der Waals surface area contributed by atoms with E-state index in [1.165, 1.54) is 6.26 Å². The van der Waals surface area contributed by atoms with Gasteiger partial charge in [-0.3, -0.25) is 0 Å². The van der Waals surface area contributed by atoms with E-state index in [-0.39, 0.29) is 11.3 Å². The Morgan fingerprint density at radius 1 is 1.43 bits per heavy atom. The van der Waals surface area contributed by atoms with E-state index in [9.17, 15) is 8.42 Å². The second-order valence-corrected chi connectivity index (χ2v) is 7.10. The summed E-state index contributed by atoms with van der Waals surface area (Å²) in [6.45, 7) is 0.915. The molecule has 0 radical (unpaired) electrons. The van der Waals surface area contributed by atoms with Crippen molar-refractivity contribution in [2.75, 3.05) is 24.8 Å². The average molecular weight is 237 g/mol. The molecule has 5 heteroatoms. The molecule has 1 fully saturated rings. The SMILES string of the molecule is CSCCNC1CCCC1S(C)(=O)=O. The van der Waals surface area contributed by atoms with Crippen LogP contribution in [0.15, 0.2) is 0 Å². The smallest absolute Gasteiger partial charge is 0.151 e. The summed E-state index contributed by atoms with van der Waals surface area (Å²) in [7, 11) is -2.86. The van der Waals surface area contributed by atoms with E-state index in [0.717, 1.165) is 31.6 Å². The predicted octanol–water partition coefficient (Wildman–Crippen LogP) is 0.905. The van der Waals surface area contributed by atoms with Gasteiger partial charge in [0.2, 0.25) is 0 Å². The van der Waals surface area contributed by atoms with E-state index in [1.54, 1.807) is 11.8 Å². The molecule has 1 rings (SSSR count). The Labute approximate surface area is 91.0 Å². The van der Waals surface area contributed by atoms with Crippen LogP contribution >= 0.6 is 11.8 Å². The van der Waals surface area contributed by atoms with Crippen LogP contribution in [0.25, 0.3) is 0 Å². The maximum absolute atomic E-state index is 11.4. The molecule has 0 heterocycles. The molecule has 0 aromatic carbocycles. The molecule has 84 valence electrons. The van der Waals surface area contributed by atoms with Gasteiger partial charge < -0.3 is 5.32 Å². The maximum Gasteiger partial charge on any atom is 0.151 e. The van der Waals surface area contributed by atoms with Crippen molar-refractivity contribution in [2.45, 2.75) is 30.6 Å². The van der Waals surface area contributed by atoms with Crippen molar-refractivity contribution in [3.05, 3.63) is 0 Å². The van der Waals surface area contributed by atoms with Crippen LogP contribution in [0, 0.1) is 0 Å². The minimum atomic E-state index is -2.86. The third-order valence-electron chi connectivity index (χ3n) is 2.72. The molecule has 1 saturated carbocycles. The summed E-state index contributed by atoms with van der Waals surface area (Å²) >= 11 is 1.78. The number of thioether (sulfide) groups is 1. The topological polar surface area (TPSA) is 46.2 Å². The highest BCUT2D eigenvalue weighted by molar-refractivity contribution is 7.98. The first-order chi connectivity index (χ1) is 6.55. The number of nitrogens with one attached hydrogen (secondary N) is 1. The van der Waals surface area contributed by atoms with Gasteiger partial charge in [-0.05, 0) is 19.1 Å². The lowest BCUT2D eigenvalue weighted by Crippen LogP contribution is -2.40. The molecule has 0 bridgehead atoms. The Morgan fingerprint density at radius 3 is 2.71 bits per heavy atom. The summed E-state index contributed by atoms with van der Waals surface area (Å²) in [5.74, 6) is 1.05. The molecule has 0 saturated heterocycles. The van der Waals surface area contributed by atoms with Crippen molar-refractivity contribution < 1.29 is 8.42 Å². The first-order valence-corrected chi connectivity index (χ1v) is 8.31. The largest absolute Gasteiger partial charge is 0.312 e. The summed E-state index contributed by atoms with van der Waals surface area (Å²) in [4.78, 5) is 0. The molecule has 1 aliphatic rings. The minimum Gasteiger partial charge on any atom is -0.312 e. The van der Waals surface area contributed by atoms with Gasteiger partial charge in [0.15, 0.2) is 9.84 Å². The second kappa shape index (κ2) is 5.37. The van der Waals surface area contributed by atoms with Gasteiger partial charge in [-0.25, -0.2) is 8.42 Å². The van der Waals surface area contributed by atoms with Gasteiger partial charge in [0.05, 0.1) is 5.25 Å². The van der Waals surface area contributed by atoms with Crippen molar-refractivity contribution in [1.29, 1.82) is 0 Å². The molecular formula is C9H19NO2S2. The van der Waals surface area contributed by atoms with Crippen molar-refractivity contribution in [3.63, 3.8) is 0 Å². The fourth-order valence-corrected chi connectivity index (χ4v) is 3.76. The second-order valence-electron chi connectivity index (χ2n) is 3.85. The quantitative estimate of drug-likeness (QED) is 0.722. The van der Waals surface area contributed by atoms with E-state index in [0.29, 0.717) is 0 Å². The lowest BCUT2D eigenvalue weighted by atomic mass is 10.2. The Kier molecular flexibility index (Phi) is 4.73. The van der Waals surface area contributed by atoms with Crippen LogP contribution in [0.2, 0.25) is 0 Å². The van der Waals surface area contributed by atoms with Crippen LogP contribution in [-0.2, 0) is 9.84 Å². The summed E-state index contributed by atoms with van der Waals surface area (Å²) in [5, 5.41) is 3.19. The van der Waals surface area contributed by atoms with Gasteiger partial charge in [-0.2, -0.15) is 11.8 Å². The monoisotopic (exact) mass is 237 g/mol.